The molecule has 1 aromatic carbocycles. The highest BCUT2D eigenvalue weighted by Gasteiger charge is 2.22. The highest BCUT2D eigenvalue weighted by molar-refractivity contribution is 6.31. The smallest absolute Gasteiger partial charge is 0.261 e. The molecule has 0 spiro atoms. The highest BCUT2D eigenvalue weighted by atomic mass is 35.5. The Kier molecular flexibility index (Phi) is 7.17. The molecule has 0 saturated heterocycles. The maximum Gasteiger partial charge on any atom is 0.261 e. The number of aromatic nitrogens is 2. The van der Waals surface area contributed by atoms with Gasteiger partial charge in [-0.3, -0.25) is 14.2 Å². The Morgan fingerprint density at radius 1 is 1.31 bits per heavy atom. The summed E-state index contributed by atoms with van der Waals surface area (Å²) in [5.41, 5.74) is 5.93. The zero-order chi connectivity index (χ0) is 19.3. The van der Waals surface area contributed by atoms with E-state index in [1.165, 1.54) is 4.57 Å². The van der Waals surface area contributed by atoms with Gasteiger partial charge in [0.05, 0.1) is 16.9 Å². The molecule has 1 heterocycles. The molecule has 26 heavy (non-hydrogen) atoms. The molecule has 2 aromatic rings. The third-order valence-electron chi connectivity index (χ3n) is 4.67. The highest BCUT2D eigenvalue weighted by Crippen LogP contribution is 2.22. The number of unbranched alkanes of at least 4 members (excludes halogenated alkanes) is 3. The molecular weight excluding hydrogens is 352 g/mol. The Bertz CT molecular complexity index is 834. The summed E-state index contributed by atoms with van der Waals surface area (Å²) in [4.78, 5) is 31.2. The zero-order valence-corrected chi connectivity index (χ0v) is 16.4. The first-order valence-corrected chi connectivity index (χ1v) is 9.38. The molecule has 7 heteroatoms. The molecule has 0 aliphatic heterocycles. The van der Waals surface area contributed by atoms with Crippen molar-refractivity contribution >= 4 is 28.4 Å². The third kappa shape index (κ3) is 4.62. The van der Waals surface area contributed by atoms with Crippen LogP contribution in [-0.4, -0.2) is 33.4 Å². The number of hydrogen-bond donors (Lipinski definition) is 1. The minimum absolute atomic E-state index is 0.0308. The van der Waals surface area contributed by atoms with Crippen LogP contribution in [0, 0.1) is 0 Å². The maximum atomic E-state index is 12.7. The van der Waals surface area contributed by atoms with Crippen LogP contribution in [0.5, 0.6) is 0 Å². The number of hydrogen-bond acceptors (Lipinski definition) is 4. The first kappa shape index (κ1) is 20.4. The number of halogens is 1. The van der Waals surface area contributed by atoms with Gasteiger partial charge in [0, 0.05) is 25.5 Å². The van der Waals surface area contributed by atoms with Gasteiger partial charge in [0.15, 0.2) is 0 Å². The van der Waals surface area contributed by atoms with Crippen LogP contribution in [0.15, 0.2) is 23.0 Å². The van der Waals surface area contributed by atoms with Crippen LogP contribution >= 0.6 is 11.6 Å². The van der Waals surface area contributed by atoms with E-state index in [-0.39, 0.29) is 17.5 Å². The van der Waals surface area contributed by atoms with Gasteiger partial charge in [-0.25, -0.2) is 4.98 Å². The van der Waals surface area contributed by atoms with Crippen molar-refractivity contribution in [3.05, 3.63) is 39.4 Å². The fourth-order valence-corrected chi connectivity index (χ4v) is 3.34. The van der Waals surface area contributed by atoms with Gasteiger partial charge in [0.25, 0.3) is 5.56 Å². The van der Waals surface area contributed by atoms with Crippen LogP contribution in [0.25, 0.3) is 10.9 Å². The van der Waals surface area contributed by atoms with Gasteiger partial charge < -0.3 is 10.6 Å². The van der Waals surface area contributed by atoms with E-state index in [1.807, 2.05) is 6.92 Å². The van der Waals surface area contributed by atoms with Crippen molar-refractivity contribution in [3.63, 3.8) is 0 Å². The van der Waals surface area contributed by atoms with Crippen molar-refractivity contribution in [2.75, 3.05) is 13.1 Å². The van der Waals surface area contributed by atoms with Crippen molar-refractivity contribution in [2.24, 2.45) is 12.8 Å². The third-order valence-corrected chi connectivity index (χ3v) is 4.91. The van der Waals surface area contributed by atoms with Crippen LogP contribution < -0.4 is 11.3 Å². The lowest BCUT2D eigenvalue weighted by Crippen LogP contribution is -2.36. The summed E-state index contributed by atoms with van der Waals surface area (Å²) in [6.45, 7) is 4.77. The lowest BCUT2D eigenvalue weighted by Gasteiger charge is -2.29. The van der Waals surface area contributed by atoms with E-state index in [0.717, 1.165) is 25.7 Å². The van der Waals surface area contributed by atoms with E-state index in [0.29, 0.717) is 34.8 Å². The number of carbonyl (C=O) groups is 1. The van der Waals surface area contributed by atoms with Crippen molar-refractivity contribution in [1.82, 2.24) is 14.5 Å². The number of rotatable bonds is 8. The fraction of sp³-hybridized carbons (Fsp3) is 0.526. The van der Waals surface area contributed by atoms with Gasteiger partial charge in [-0.15, -0.1) is 0 Å². The summed E-state index contributed by atoms with van der Waals surface area (Å²) in [5, 5.41) is 1.05. The molecule has 0 saturated carbocycles. The Labute approximate surface area is 159 Å². The van der Waals surface area contributed by atoms with Gasteiger partial charge in [-0.1, -0.05) is 24.4 Å². The van der Waals surface area contributed by atoms with Crippen LogP contribution in [0.4, 0.5) is 0 Å². The molecule has 142 valence electrons. The standard InChI is InChI=1S/C19H27ClN4O2/c1-13(24(14(2)25)11-7-5-4-6-10-21)18-22-17-12-15(20)8-9-16(17)19(26)23(18)3/h8-9,12-13H,4-7,10-11,21H2,1-3H3/t13-/m0/s1. The summed E-state index contributed by atoms with van der Waals surface area (Å²) in [6, 6.07) is 4.74. The van der Waals surface area contributed by atoms with Crippen LogP contribution in [0.1, 0.15) is 51.4 Å². The Morgan fingerprint density at radius 2 is 2.00 bits per heavy atom. The average molecular weight is 379 g/mol. The molecule has 0 aliphatic rings. The second-order valence-corrected chi connectivity index (χ2v) is 7.02. The molecule has 0 fully saturated rings. The lowest BCUT2D eigenvalue weighted by molar-refractivity contribution is -0.131. The Hall–Kier alpha value is -1.92. The summed E-state index contributed by atoms with van der Waals surface area (Å²) in [7, 11) is 1.69. The predicted octanol–water partition coefficient (Wildman–Crippen LogP) is 3.02. The molecule has 2 rings (SSSR count). The van der Waals surface area contributed by atoms with Crippen molar-refractivity contribution in [3.8, 4) is 0 Å². The largest absolute Gasteiger partial charge is 0.333 e. The predicted molar refractivity (Wildman–Crippen MR) is 105 cm³/mol. The van der Waals surface area contributed by atoms with Gasteiger partial charge in [0.2, 0.25) is 5.91 Å². The van der Waals surface area contributed by atoms with Crippen LogP contribution in [-0.2, 0) is 11.8 Å². The maximum absolute atomic E-state index is 12.7. The van der Waals surface area contributed by atoms with E-state index < -0.39 is 0 Å². The topological polar surface area (TPSA) is 81.2 Å². The monoisotopic (exact) mass is 378 g/mol. The van der Waals surface area contributed by atoms with E-state index in [2.05, 4.69) is 4.98 Å². The van der Waals surface area contributed by atoms with E-state index in [4.69, 9.17) is 17.3 Å². The SMILES string of the molecule is CC(=O)N(CCCCCCN)[C@@H](C)c1nc2cc(Cl)ccc2c(=O)n1C. The molecular formula is C19H27ClN4O2. The average Bonchev–Trinajstić information content (AvgIpc) is 2.60. The minimum Gasteiger partial charge on any atom is -0.333 e. The molecule has 0 unspecified atom stereocenters. The second-order valence-electron chi connectivity index (χ2n) is 6.59. The first-order valence-electron chi connectivity index (χ1n) is 9.00. The van der Waals surface area contributed by atoms with Crippen molar-refractivity contribution < 1.29 is 4.79 Å². The Balaban J connectivity index is 2.30. The number of nitrogens with zero attached hydrogens (tertiary/aromatic N) is 3. The van der Waals surface area contributed by atoms with Crippen molar-refractivity contribution in [2.45, 2.75) is 45.6 Å². The number of benzene rings is 1. The quantitative estimate of drug-likeness (QED) is 0.716. The number of nitrogens with two attached hydrogens (primary N) is 1. The molecule has 1 aromatic heterocycles. The Morgan fingerprint density at radius 3 is 2.65 bits per heavy atom. The van der Waals surface area contributed by atoms with E-state index in [1.54, 1.807) is 37.1 Å². The lowest BCUT2D eigenvalue weighted by atomic mass is 10.1. The molecule has 1 atom stereocenters. The summed E-state index contributed by atoms with van der Waals surface area (Å²) >= 11 is 6.04. The molecule has 0 aliphatic carbocycles. The van der Waals surface area contributed by atoms with Gasteiger partial charge >= 0.3 is 0 Å². The second kappa shape index (κ2) is 9.14. The molecule has 2 N–H and O–H groups in total. The van der Waals surface area contributed by atoms with E-state index >= 15 is 0 Å². The van der Waals surface area contributed by atoms with Gasteiger partial charge in [-0.05, 0) is 44.5 Å². The van der Waals surface area contributed by atoms with Crippen LogP contribution in [0.2, 0.25) is 5.02 Å². The molecule has 6 nitrogen and oxygen atoms in total. The van der Waals surface area contributed by atoms with Crippen LogP contribution in [0.3, 0.4) is 0 Å². The first-order chi connectivity index (χ1) is 12.4. The van der Waals surface area contributed by atoms with Gasteiger partial charge in [-0.2, -0.15) is 0 Å². The fourth-order valence-electron chi connectivity index (χ4n) is 3.18. The van der Waals surface area contributed by atoms with Crippen molar-refractivity contribution in [1.29, 1.82) is 0 Å². The van der Waals surface area contributed by atoms with Gasteiger partial charge in [0.1, 0.15) is 5.82 Å². The number of fused-ring (bicyclic) bond motifs is 1. The number of amides is 1. The summed E-state index contributed by atoms with van der Waals surface area (Å²) < 4.78 is 1.52. The number of carbonyl (C=O) groups excluding carboxylic acids is 1. The van der Waals surface area contributed by atoms with E-state index in [9.17, 15) is 9.59 Å². The molecule has 0 radical (unpaired) electrons. The summed E-state index contributed by atoms with van der Waals surface area (Å²) in [5.74, 6) is 0.527. The zero-order valence-electron chi connectivity index (χ0n) is 15.7. The molecule has 1 amide bonds. The minimum atomic E-state index is -0.303. The summed E-state index contributed by atoms with van der Waals surface area (Å²) in [6.07, 6.45) is 3.98. The normalized spacial score (nSPS) is 12.3. The molecule has 0 bridgehead atoms.